The van der Waals surface area contributed by atoms with Crippen LogP contribution in [0.15, 0.2) is 48.5 Å². The molecule has 1 fully saturated rings. The van der Waals surface area contributed by atoms with E-state index in [0.29, 0.717) is 43.3 Å². The molecule has 1 saturated heterocycles. The van der Waals surface area contributed by atoms with Crippen LogP contribution in [0, 0.1) is 0 Å². The largest absolute Gasteiger partial charge is 0.497 e. The van der Waals surface area contributed by atoms with Gasteiger partial charge in [-0.15, -0.1) is 0 Å². The summed E-state index contributed by atoms with van der Waals surface area (Å²) in [4.78, 5) is 32.2. The average molecular weight is 412 g/mol. The molecular formula is C22H22ClN3O3. The molecular weight excluding hydrogens is 390 g/mol. The molecule has 0 unspecified atom stereocenters. The average Bonchev–Trinajstić information content (AvgIpc) is 3.17. The quantitative estimate of drug-likeness (QED) is 0.716. The minimum Gasteiger partial charge on any atom is -0.497 e. The van der Waals surface area contributed by atoms with Gasteiger partial charge in [-0.05, 0) is 42.0 Å². The van der Waals surface area contributed by atoms with Gasteiger partial charge in [0, 0.05) is 42.1 Å². The maximum absolute atomic E-state index is 12.8. The summed E-state index contributed by atoms with van der Waals surface area (Å²) in [6.07, 6.45) is 0.348. The van der Waals surface area contributed by atoms with Crippen LogP contribution in [0.3, 0.4) is 0 Å². The molecule has 2 aromatic carbocycles. The number of benzene rings is 2. The van der Waals surface area contributed by atoms with Crippen molar-refractivity contribution in [1.29, 1.82) is 0 Å². The van der Waals surface area contributed by atoms with E-state index in [1.165, 1.54) is 0 Å². The number of hydrogen-bond donors (Lipinski definition) is 1. The molecule has 0 radical (unpaired) electrons. The van der Waals surface area contributed by atoms with E-state index in [9.17, 15) is 9.59 Å². The van der Waals surface area contributed by atoms with Crippen molar-refractivity contribution in [3.8, 4) is 5.75 Å². The molecule has 1 N–H and O–H groups in total. The van der Waals surface area contributed by atoms with Crippen molar-refractivity contribution in [2.24, 2.45) is 0 Å². The van der Waals surface area contributed by atoms with Crippen LogP contribution >= 0.6 is 11.6 Å². The fraction of sp³-hybridized carbons (Fsp3) is 0.273. The van der Waals surface area contributed by atoms with Gasteiger partial charge in [-0.2, -0.15) is 0 Å². The number of methoxy groups -OCH3 is 1. The van der Waals surface area contributed by atoms with E-state index in [0.717, 1.165) is 22.2 Å². The summed E-state index contributed by atoms with van der Waals surface area (Å²) in [5.41, 5.74) is 2.37. The molecule has 2 heterocycles. The maximum atomic E-state index is 12.8. The summed E-state index contributed by atoms with van der Waals surface area (Å²) < 4.78 is 5.14. The van der Waals surface area contributed by atoms with E-state index < -0.39 is 0 Å². The summed E-state index contributed by atoms with van der Waals surface area (Å²) in [6, 6.07) is 14.8. The Hall–Kier alpha value is -2.99. The van der Waals surface area contributed by atoms with Gasteiger partial charge in [0.1, 0.15) is 11.4 Å². The van der Waals surface area contributed by atoms with Crippen molar-refractivity contribution in [3.05, 3.63) is 64.8 Å². The molecule has 1 aliphatic rings. The zero-order valence-corrected chi connectivity index (χ0v) is 16.9. The van der Waals surface area contributed by atoms with Crippen molar-refractivity contribution in [1.82, 2.24) is 14.8 Å². The minimum atomic E-state index is -0.0559. The van der Waals surface area contributed by atoms with Crippen LogP contribution in [0.4, 0.5) is 0 Å². The number of aromatic amines is 1. The lowest BCUT2D eigenvalue weighted by atomic mass is 10.1. The molecule has 150 valence electrons. The Morgan fingerprint density at radius 3 is 2.38 bits per heavy atom. The van der Waals surface area contributed by atoms with Gasteiger partial charge in [-0.3, -0.25) is 9.59 Å². The number of nitrogens with one attached hydrogen (secondary N) is 1. The Morgan fingerprint density at radius 1 is 1.00 bits per heavy atom. The molecule has 3 aromatic rings. The number of rotatable bonds is 4. The highest BCUT2D eigenvalue weighted by Gasteiger charge is 2.25. The van der Waals surface area contributed by atoms with E-state index in [1.54, 1.807) is 18.1 Å². The normalized spacial score (nSPS) is 14.3. The summed E-state index contributed by atoms with van der Waals surface area (Å²) in [5, 5.41) is 1.55. The van der Waals surface area contributed by atoms with E-state index in [4.69, 9.17) is 16.3 Å². The number of piperazine rings is 1. The molecule has 0 atom stereocenters. The van der Waals surface area contributed by atoms with Crippen LogP contribution in [-0.2, 0) is 11.2 Å². The molecule has 29 heavy (non-hydrogen) atoms. The van der Waals surface area contributed by atoms with Gasteiger partial charge >= 0.3 is 0 Å². The standard InChI is InChI=1S/C22H22ClN3O3/c1-29-18-5-2-15(3-6-18)12-21(27)25-8-10-26(11-9-25)22(28)20-14-16-13-17(23)4-7-19(16)24-20/h2-7,13-14,24H,8-12H2,1H3. The van der Waals surface area contributed by atoms with E-state index in [-0.39, 0.29) is 11.8 Å². The number of aromatic nitrogens is 1. The number of carbonyl (C=O) groups excluding carboxylic acids is 2. The summed E-state index contributed by atoms with van der Waals surface area (Å²) in [5.74, 6) is 0.787. The van der Waals surface area contributed by atoms with Crippen LogP contribution in [0.5, 0.6) is 5.75 Å². The van der Waals surface area contributed by atoms with Gasteiger partial charge in [0.25, 0.3) is 5.91 Å². The Bertz CT molecular complexity index is 1040. The first-order valence-corrected chi connectivity index (χ1v) is 9.89. The van der Waals surface area contributed by atoms with E-state index in [1.807, 2.05) is 47.4 Å². The first-order valence-electron chi connectivity index (χ1n) is 9.52. The Balaban J connectivity index is 1.35. The van der Waals surface area contributed by atoms with Crippen molar-refractivity contribution >= 4 is 34.3 Å². The number of ether oxygens (including phenoxy) is 1. The zero-order valence-electron chi connectivity index (χ0n) is 16.2. The van der Waals surface area contributed by atoms with Crippen molar-refractivity contribution in [2.75, 3.05) is 33.3 Å². The van der Waals surface area contributed by atoms with Crippen LogP contribution < -0.4 is 4.74 Å². The number of hydrogen-bond acceptors (Lipinski definition) is 3. The number of fused-ring (bicyclic) bond motifs is 1. The fourth-order valence-electron chi connectivity index (χ4n) is 3.58. The summed E-state index contributed by atoms with van der Waals surface area (Å²) in [7, 11) is 1.62. The number of H-pyrrole nitrogens is 1. The predicted octanol–water partition coefficient (Wildman–Crippen LogP) is 3.36. The molecule has 4 rings (SSSR count). The smallest absolute Gasteiger partial charge is 0.270 e. The third-order valence-corrected chi connectivity index (χ3v) is 5.48. The molecule has 0 aliphatic carbocycles. The lowest BCUT2D eigenvalue weighted by molar-refractivity contribution is -0.131. The Morgan fingerprint density at radius 2 is 1.69 bits per heavy atom. The molecule has 0 bridgehead atoms. The highest BCUT2D eigenvalue weighted by molar-refractivity contribution is 6.31. The van der Waals surface area contributed by atoms with Crippen LogP contribution in [0.1, 0.15) is 16.1 Å². The highest BCUT2D eigenvalue weighted by atomic mass is 35.5. The second-order valence-corrected chi connectivity index (χ2v) is 7.55. The van der Waals surface area contributed by atoms with Gasteiger partial charge in [0.15, 0.2) is 0 Å². The molecule has 2 amide bonds. The van der Waals surface area contributed by atoms with Crippen molar-refractivity contribution in [3.63, 3.8) is 0 Å². The SMILES string of the molecule is COc1ccc(CC(=O)N2CCN(C(=O)c3cc4cc(Cl)ccc4[nH]3)CC2)cc1. The van der Waals surface area contributed by atoms with Crippen LogP contribution in [0.2, 0.25) is 5.02 Å². The number of halogens is 1. The second kappa shape index (κ2) is 8.17. The highest BCUT2D eigenvalue weighted by Crippen LogP contribution is 2.21. The first-order chi connectivity index (χ1) is 14.0. The van der Waals surface area contributed by atoms with Gasteiger partial charge in [0.05, 0.1) is 13.5 Å². The topological polar surface area (TPSA) is 65.6 Å². The Kier molecular flexibility index (Phi) is 5.45. The first kappa shape index (κ1) is 19.3. The second-order valence-electron chi connectivity index (χ2n) is 7.11. The third kappa shape index (κ3) is 4.22. The monoisotopic (exact) mass is 411 g/mol. The molecule has 1 aliphatic heterocycles. The predicted molar refractivity (Wildman–Crippen MR) is 112 cm³/mol. The maximum Gasteiger partial charge on any atom is 0.270 e. The van der Waals surface area contributed by atoms with Crippen LogP contribution in [-0.4, -0.2) is 59.9 Å². The summed E-state index contributed by atoms with van der Waals surface area (Å²) >= 11 is 6.02. The Labute approximate surface area is 174 Å². The zero-order chi connectivity index (χ0) is 20.4. The molecule has 0 saturated carbocycles. The minimum absolute atomic E-state index is 0.0559. The number of carbonyl (C=O) groups is 2. The van der Waals surface area contributed by atoms with Gasteiger partial charge in [-0.1, -0.05) is 23.7 Å². The molecule has 6 nitrogen and oxygen atoms in total. The molecule has 7 heteroatoms. The lowest BCUT2D eigenvalue weighted by Gasteiger charge is -2.34. The summed E-state index contributed by atoms with van der Waals surface area (Å²) in [6.45, 7) is 2.10. The fourth-order valence-corrected chi connectivity index (χ4v) is 3.76. The van der Waals surface area contributed by atoms with Gasteiger partial charge < -0.3 is 19.5 Å². The number of nitrogens with zero attached hydrogens (tertiary/aromatic N) is 2. The third-order valence-electron chi connectivity index (χ3n) is 5.25. The number of amides is 2. The lowest BCUT2D eigenvalue weighted by Crippen LogP contribution is -2.51. The van der Waals surface area contributed by atoms with Gasteiger partial charge in [0.2, 0.25) is 5.91 Å². The molecule has 1 aromatic heterocycles. The van der Waals surface area contributed by atoms with Crippen molar-refractivity contribution in [2.45, 2.75) is 6.42 Å². The van der Waals surface area contributed by atoms with E-state index in [2.05, 4.69) is 4.98 Å². The van der Waals surface area contributed by atoms with Crippen LogP contribution in [0.25, 0.3) is 10.9 Å². The molecule has 0 spiro atoms. The van der Waals surface area contributed by atoms with Crippen molar-refractivity contribution < 1.29 is 14.3 Å². The van der Waals surface area contributed by atoms with Gasteiger partial charge in [-0.25, -0.2) is 0 Å². The van der Waals surface area contributed by atoms with E-state index >= 15 is 0 Å².